The lowest BCUT2D eigenvalue weighted by Crippen LogP contribution is -2.47. The first-order valence-electron chi connectivity index (χ1n) is 8.61. The van der Waals surface area contributed by atoms with Crippen molar-refractivity contribution in [2.45, 2.75) is 64.2 Å². The van der Waals surface area contributed by atoms with Crippen molar-refractivity contribution in [3.63, 3.8) is 0 Å². The van der Waals surface area contributed by atoms with Gasteiger partial charge in [0.05, 0.1) is 18.2 Å². The van der Waals surface area contributed by atoms with E-state index in [-0.39, 0.29) is 0 Å². The van der Waals surface area contributed by atoms with Crippen molar-refractivity contribution in [3.05, 3.63) is 0 Å². The fourth-order valence-electron chi connectivity index (χ4n) is 3.37. The summed E-state index contributed by atoms with van der Waals surface area (Å²) in [5.41, 5.74) is 0. The van der Waals surface area contributed by atoms with E-state index in [0.29, 0.717) is 18.2 Å². The molecule has 21 heavy (non-hydrogen) atoms. The Morgan fingerprint density at radius 2 is 2.05 bits per heavy atom. The first kappa shape index (κ1) is 16.6. The number of hydrogen-bond acceptors (Lipinski definition) is 3. The molecular weight excluding hydrogens is 264 g/mol. The molecular formula is C16H32N4O. The van der Waals surface area contributed by atoms with E-state index in [1.54, 1.807) is 0 Å². The van der Waals surface area contributed by atoms with Crippen LogP contribution in [-0.2, 0) is 4.74 Å². The van der Waals surface area contributed by atoms with Crippen LogP contribution in [0.4, 0.5) is 0 Å². The molecule has 2 aliphatic rings. The molecule has 0 aromatic heterocycles. The zero-order valence-corrected chi connectivity index (χ0v) is 13.9. The third-order valence-electron chi connectivity index (χ3n) is 4.74. The first-order valence-corrected chi connectivity index (χ1v) is 8.61. The highest BCUT2D eigenvalue weighted by atomic mass is 16.5. The second-order valence-electron chi connectivity index (χ2n) is 6.09. The smallest absolute Gasteiger partial charge is 0.191 e. The Hall–Kier alpha value is -0.810. The van der Waals surface area contributed by atoms with E-state index in [1.807, 2.05) is 7.05 Å². The molecule has 0 aromatic carbocycles. The monoisotopic (exact) mass is 296 g/mol. The van der Waals surface area contributed by atoms with Gasteiger partial charge in [-0.15, -0.1) is 0 Å². The number of unbranched alkanes of at least 4 members (excludes halogenated alkanes) is 1. The van der Waals surface area contributed by atoms with Gasteiger partial charge in [-0.1, -0.05) is 13.8 Å². The fraction of sp³-hybridized carbons (Fsp3) is 0.938. The van der Waals surface area contributed by atoms with Crippen LogP contribution in [0, 0.1) is 0 Å². The van der Waals surface area contributed by atoms with Crippen molar-refractivity contribution in [2.75, 3.05) is 33.2 Å². The summed E-state index contributed by atoms with van der Waals surface area (Å²) in [6, 6.07) is 0.450. The predicted molar refractivity (Wildman–Crippen MR) is 87.8 cm³/mol. The van der Waals surface area contributed by atoms with E-state index in [4.69, 9.17) is 4.74 Å². The lowest BCUT2D eigenvalue weighted by atomic mass is 9.96. The number of aliphatic imine (C=N–C) groups is 1. The normalized spacial score (nSPS) is 28.4. The molecule has 5 heteroatoms. The Bertz CT molecular complexity index is 330. The molecule has 5 nitrogen and oxygen atoms in total. The molecule has 2 rings (SSSR count). The summed E-state index contributed by atoms with van der Waals surface area (Å²) in [5, 5.41) is 6.95. The van der Waals surface area contributed by atoms with Gasteiger partial charge in [-0.05, 0) is 51.7 Å². The molecule has 122 valence electrons. The maximum Gasteiger partial charge on any atom is 0.191 e. The Morgan fingerprint density at radius 3 is 2.62 bits per heavy atom. The van der Waals surface area contributed by atoms with Crippen LogP contribution in [0.15, 0.2) is 4.99 Å². The molecule has 3 unspecified atom stereocenters. The third-order valence-corrected chi connectivity index (χ3v) is 4.74. The summed E-state index contributed by atoms with van der Waals surface area (Å²) in [6.07, 6.45) is 6.88. The van der Waals surface area contributed by atoms with E-state index in [0.717, 1.165) is 32.0 Å². The largest absolute Gasteiger partial charge is 0.373 e. The number of nitrogens with one attached hydrogen (secondary N) is 2. The summed E-state index contributed by atoms with van der Waals surface area (Å²) in [5.74, 6) is 0.930. The summed E-state index contributed by atoms with van der Waals surface area (Å²) in [4.78, 5) is 6.80. The summed E-state index contributed by atoms with van der Waals surface area (Å²) in [6.45, 7) is 8.94. The van der Waals surface area contributed by atoms with Crippen molar-refractivity contribution in [2.24, 2.45) is 4.99 Å². The lowest BCUT2D eigenvalue weighted by molar-refractivity contribution is 0.0992. The highest BCUT2D eigenvalue weighted by molar-refractivity contribution is 5.80. The third kappa shape index (κ3) is 4.85. The molecule has 2 N–H and O–H groups in total. The Morgan fingerprint density at radius 1 is 1.24 bits per heavy atom. The molecule has 2 saturated heterocycles. The average Bonchev–Trinajstić information content (AvgIpc) is 3.12. The van der Waals surface area contributed by atoms with Gasteiger partial charge in [0.15, 0.2) is 5.96 Å². The summed E-state index contributed by atoms with van der Waals surface area (Å²) in [7, 11) is 1.85. The molecule has 2 fully saturated rings. The number of hydrogen-bond donors (Lipinski definition) is 2. The molecule has 2 bridgehead atoms. The predicted octanol–water partition coefficient (Wildman–Crippen LogP) is 1.59. The van der Waals surface area contributed by atoms with Gasteiger partial charge in [0.25, 0.3) is 0 Å². The molecule has 0 amide bonds. The Balaban J connectivity index is 1.58. The van der Waals surface area contributed by atoms with Crippen molar-refractivity contribution in [3.8, 4) is 0 Å². The topological polar surface area (TPSA) is 48.9 Å². The van der Waals surface area contributed by atoms with E-state index < -0.39 is 0 Å². The van der Waals surface area contributed by atoms with Crippen LogP contribution in [0.2, 0.25) is 0 Å². The zero-order chi connectivity index (χ0) is 15.1. The first-order chi connectivity index (χ1) is 10.3. The molecule has 0 aromatic rings. The van der Waals surface area contributed by atoms with Crippen molar-refractivity contribution in [1.29, 1.82) is 0 Å². The SMILES string of the molecule is CCN(CC)CCCCNC(=NC)NC1CC2CCC1O2. The number of rotatable bonds is 8. The van der Waals surface area contributed by atoms with Crippen LogP contribution in [0.1, 0.15) is 46.0 Å². The molecule has 3 atom stereocenters. The van der Waals surface area contributed by atoms with E-state index >= 15 is 0 Å². The standard InChI is InChI=1S/C16H32N4O/c1-4-20(5-2)11-7-6-10-18-16(17-3)19-14-12-13-8-9-15(14)21-13/h13-15H,4-12H2,1-3H3,(H2,17,18,19). The number of fused-ring (bicyclic) bond motifs is 2. The Kier molecular flexibility index (Phi) is 6.77. The van der Waals surface area contributed by atoms with Gasteiger partial charge >= 0.3 is 0 Å². The average molecular weight is 296 g/mol. The second kappa shape index (κ2) is 8.59. The van der Waals surface area contributed by atoms with Crippen molar-refractivity contribution in [1.82, 2.24) is 15.5 Å². The van der Waals surface area contributed by atoms with Gasteiger partial charge in [0.2, 0.25) is 0 Å². The van der Waals surface area contributed by atoms with Crippen LogP contribution in [0.3, 0.4) is 0 Å². The quantitative estimate of drug-likeness (QED) is 0.406. The maximum atomic E-state index is 5.87. The molecule has 2 aliphatic heterocycles. The molecule has 0 spiro atoms. The lowest BCUT2D eigenvalue weighted by Gasteiger charge is -2.23. The van der Waals surface area contributed by atoms with Gasteiger partial charge in [0, 0.05) is 13.6 Å². The second-order valence-corrected chi connectivity index (χ2v) is 6.09. The highest BCUT2D eigenvalue weighted by Gasteiger charge is 2.40. The maximum absolute atomic E-state index is 5.87. The van der Waals surface area contributed by atoms with Gasteiger partial charge in [-0.3, -0.25) is 4.99 Å². The van der Waals surface area contributed by atoms with Crippen LogP contribution >= 0.6 is 0 Å². The highest BCUT2D eigenvalue weighted by Crippen LogP contribution is 2.34. The number of nitrogens with zero attached hydrogens (tertiary/aromatic N) is 2. The van der Waals surface area contributed by atoms with Crippen LogP contribution in [0.5, 0.6) is 0 Å². The Labute approximate surface area is 129 Å². The van der Waals surface area contributed by atoms with Crippen LogP contribution in [0.25, 0.3) is 0 Å². The summed E-state index contributed by atoms with van der Waals surface area (Å²) >= 11 is 0. The van der Waals surface area contributed by atoms with E-state index in [2.05, 4.69) is 34.4 Å². The zero-order valence-electron chi connectivity index (χ0n) is 13.9. The van der Waals surface area contributed by atoms with Gasteiger partial charge in [0.1, 0.15) is 0 Å². The van der Waals surface area contributed by atoms with Gasteiger partial charge < -0.3 is 20.3 Å². The minimum absolute atomic E-state index is 0.399. The van der Waals surface area contributed by atoms with Crippen LogP contribution < -0.4 is 10.6 Å². The van der Waals surface area contributed by atoms with Gasteiger partial charge in [-0.2, -0.15) is 0 Å². The van der Waals surface area contributed by atoms with Crippen molar-refractivity contribution >= 4 is 5.96 Å². The van der Waals surface area contributed by atoms with Gasteiger partial charge in [-0.25, -0.2) is 0 Å². The van der Waals surface area contributed by atoms with E-state index in [1.165, 1.54) is 32.2 Å². The molecule has 2 heterocycles. The molecule has 0 aliphatic carbocycles. The van der Waals surface area contributed by atoms with E-state index in [9.17, 15) is 0 Å². The number of guanidine groups is 1. The minimum atomic E-state index is 0.399. The minimum Gasteiger partial charge on any atom is -0.373 e. The fourth-order valence-corrected chi connectivity index (χ4v) is 3.37. The van der Waals surface area contributed by atoms with Crippen LogP contribution in [-0.4, -0.2) is 62.3 Å². The van der Waals surface area contributed by atoms with Crippen molar-refractivity contribution < 1.29 is 4.74 Å². The summed E-state index contributed by atoms with van der Waals surface area (Å²) < 4.78 is 5.87. The molecule has 0 saturated carbocycles. The number of ether oxygens (including phenoxy) is 1. The molecule has 0 radical (unpaired) electrons.